The molecule has 0 aliphatic carbocycles. The van der Waals surface area contributed by atoms with E-state index < -0.39 is 12.0 Å². The lowest BCUT2D eigenvalue weighted by Gasteiger charge is -2.37. The minimum Gasteiger partial charge on any atom is -0.493 e. The number of methoxy groups -OCH3 is 2. The topological polar surface area (TPSA) is 102 Å². The number of carbonyl (C=O) groups excluding carboxylic acids is 2. The zero-order valence-corrected chi connectivity index (χ0v) is 21.7. The van der Waals surface area contributed by atoms with Gasteiger partial charge in [0.2, 0.25) is 5.91 Å². The molecule has 1 N–H and O–H groups in total. The summed E-state index contributed by atoms with van der Waals surface area (Å²) < 4.78 is 16.7. The minimum absolute atomic E-state index is 0.0571. The van der Waals surface area contributed by atoms with E-state index in [1.807, 2.05) is 40.6 Å². The molecule has 2 aromatic rings. The van der Waals surface area contributed by atoms with Crippen molar-refractivity contribution in [1.29, 1.82) is 0 Å². The van der Waals surface area contributed by atoms with Crippen LogP contribution in [0.3, 0.4) is 0 Å². The quantitative estimate of drug-likeness (QED) is 0.369. The number of hydrogen-bond acceptors (Lipinski definition) is 9. The van der Waals surface area contributed by atoms with E-state index in [1.54, 1.807) is 33.4 Å². The maximum Gasteiger partial charge on any atom is 0.338 e. The van der Waals surface area contributed by atoms with E-state index in [4.69, 9.17) is 14.2 Å². The smallest absolute Gasteiger partial charge is 0.338 e. The lowest BCUT2D eigenvalue weighted by molar-refractivity contribution is -0.138. The molecule has 1 atom stereocenters. The summed E-state index contributed by atoms with van der Waals surface area (Å²) in [4.78, 5) is 37.0. The third-order valence-electron chi connectivity index (χ3n) is 5.82. The van der Waals surface area contributed by atoms with Gasteiger partial charge in [-0.2, -0.15) is 0 Å². The van der Waals surface area contributed by atoms with Gasteiger partial charge in [0.1, 0.15) is 6.61 Å². The van der Waals surface area contributed by atoms with Gasteiger partial charge in [0.25, 0.3) is 0 Å². The van der Waals surface area contributed by atoms with Crippen molar-refractivity contribution in [2.45, 2.75) is 25.9 Å². The molecule has 2 aliphatic rings. The first-order valence-corrected chi connectivity index (χ1v) is 12.5. The fourth-order valence-corrected chi connectivity index (χ4v) is 5.15. The number of fused-ring (bicyclic) bond motifs is 1. The van der Waals surface area contributed by atoms with Crippen LogP contribution in [0.5, 0.6) is 11.5 Å². The third kappa shape index (κ3) is 5.54. The Hall–Kier alpha value is -4.05. The number of amides is 1. The molecule has 0 saturated heterocycles. The van der Waals surface area contributed by atoms with Crippen molar-refractivity contribution >= 4 is 28.8 Å². The Bertz CT molecular complexity index is 1290. The first-order chi connectivity index (χ1) is 18.0. The molecule has 37 heavy (non-hydrogen) atoms. The molecular weight excluding hydrogens is 492 g/mol. The molecule has 0 fully saturated rings. The number of hydrogen-bond donors (Lipinski definition) is 1. The van der Waals surface area contributed by atoms with Gasteiger partial charge < -0.3 is 24.4 Å². The number of thioether (sulfide) groups is 1. The second-order valence-electron chi connectivity index (χ2n) is 8.14. The van der Waals surface area contributed by atoms with E-state index in [0.717, 1.165) is 5.69 Å². The lowest BCUT2D eigenvalue weighted by atomic mass is 9.92. The van der Waals surface area contributed by atoms with Gasteiger partial charge in [-0.1, -0.05) is 42.6 Å². The van der Waals surface area contributed by atoms with Gasteiger partial charge in [0.05, 0.1) is 50.2 Å². The monoisotopic (exact) mass is 520 g/mol. The number of rotatable bonds is 10. The Balaban J connectivity index is 1.69. The number of esters is 1. The number of nitrogens with zero attached hydrogens (tertiary/aromatic N) is 3. The maximum atomic E-state index is 13.3. The summed E-state index contributed by atoms with van der Waals surface area (Å²) in [6, 6.07) is 10.4. The van der Waals surface area contributed by atoms with E-state index in [2.05, 4.69) is 21.9 Å². The van der Waals surface area contributed by atoms with Crippen LogP contribution in [0.15, 0.2) is 82.6 Å². The Morgan fingerprint density at radius 1 is 1.19 bits per heavy atom. The minimum atomic E-state index is -0.653. The standard InChI is InChI=1S/C27H28N4O5S/c1-5-13-36-26(33)23-17(2)30-27-31(24(23)20-10-8-11-21(34-3)25(20)35-4)19(16-37-27)14-22(32)29-15-18-9-6-7-12-28-18/h5-12,16,24H,1,13-15H2,2-4H3,(H,29,32)/t24-/m0/s1. The van der Waals surface area contributed by atoms with Gasteiger partial charge in [0, 0.05) is 17.5 Å². The molecule has 0 unspecified atom stereocenters. The number of nitrogens with one attached hydrogen (secondary N) is 1. The molecule has 1 amide bonds. The predicted octanol–water partition coefficient (Wildman–Crippen LogP) is 4.11. The molecule has 10 heteroatoms. The van der Waals surface area contributed by atoms with Crippen LogP contribution in [0, 0.1) is 0 Å². The van der Waals surface area contributed by atoms with Gasteiger partial charge in [0.15, 0.2) is 16.7 Å². The van der Waals surface area contributed by atoms with Gasteiger partial charge in [-0.15, -0.1) is 0 Å². The number of allylic oxidation sites excluding steroid dienone is 1. The Kier molecular flexibility index (Phi) is 8.29. The second-order valence-corrected chi connectivity index (χ2v) is 8.97. The van der Waals surface area contributed by atoms with Crippen molar-refractivity contribution < 1.29 is 23.8 Å². The molecular formula is C27H28N4O5S. The fourth-order valence-electron chi connectivity index (χ4n) is 4.18. The Labute approximate surface area is 219 Å². The summed E-state index contributed by atoms with van der Waals surface area (Å²) in [7, 11) is 3.10. The second kappa shape index (κ2) is 11.8. The fraction of sp³-hybridized carbons (Fsp3) is 0.259. The van der Waals surface area contributed by atoms with E-state index in [1.165, 1.54) is 17.8 Å². The molecule has 0 bridgehead atoms. The van der Waals surface area contributed by atoms with Crippen LogP contribution in [0.25, 0.3) is 0 Å². The number of benzene rings is 1. The number of pyridine rings is 1. The molecule has 4 rings (SSSR count). The normalized spacial score (nSPS) is 16.4. The molecule has 2 aliphatic heterocycles. The van der Waals surface area contributed by atoms with E-state index in [-0.39, 0.29) is 18.9 Å². The van der Waals surface area contributed by atoms with Gasteiger partial charge in [-0.05, 0) is 30.5 Å². The zero-order chi connectivity index (χ0) is 26.4. The predicted molar refractivity (Wildman–Crippen MR) is 142 cm³/mol. The molecule has 0 spiro atoms. The lowest BCUT2D eigenvalue weighted by Crippen LogP contribution is -2.38. The largest absolute Gasteiger partial charge is 0.493 e. The number of amidine groups is 1. The van der Waals surface area contributed by atoms with Crippen LogP contribution in [-0.4, -0.2) is 47.8 Å². The van der Waals surface area contributed by atoms with Crippen molar-refractivity contribution in [3.05, 3.63) is 88.9 Å². The summed E-state index contributed by atoms with van der Waals surface area (Å²) in [5.74, 6) is 0.294. The highest BCUT2D eigenvalue weighted by Gasteiger charge is 2.42. The van der Waals surface area contributed by atoms with Crippen molar-refractivity contribution in [2.75, 3.05) is 20.8 Å². The molecule has 1 aromatic heterocycles. The molecule has 0 radical (unpaired) electrons. The average Bonchev–Trinajstić information content (AvgIpc) is 3.31. The number of ether oxygens (including phenoxy) is 3. The molecule has 9 nitrogen and oxygen atoms in total. The maximum absolute atomic E-state index is 13.3. The van der Waals surface area contributed by atoms with Gasteiger partial charge in [-0.3, -0.25) is 9.78 Å². The summed E-state index contributed by atoms with van der Waals surface area (Å²) in [5, 5.41) is 5.44. The van der Waals surface area contributed by atoms with Crippen LogP contribution in [-0.2, 0) is 20.9 Å². The number of para-hydroxylation sites is 1. The first-order valence-electron chi connectivity index (χ1n) is 11.6. The summed E-state index contributed by atoms with van der Waals surface area (Å²) in [6.07, 6.45) is 3.27. The Morgan fingerprint density at radius 2 is 2.03 bits per heavy atom. The summed E-state index contributed by atoms with van der Waals surface area (Å²) in [6.45, 7) is 5.77. The molecule has 0 saturated carbocycles. The van der Waals surface area contributed by atoms with Crippen LogP contribution in [0.1, 0.15) is 30.6 Å². The summed E-state index contributed by atoms with van der Waals surface area (Å²) in [5.41, 5.74) is 3.01. The van der Waals surface area contributed by atoms with Crippen molar-refractivity contribution in [2.24, 2.45) is 4.99 Å². The highest BCUT2D eigenvalue weighted by molar-refractivity contribution is 8.16. The Morgan fingerprint density at radius 3 is 2.73 bits per heavy atom. The number of aromatic nitrogens is 1. The third-order valence-corrected chi connectivity index (χ3v) is 6.70. The van der Waals surface area contributed by atoms with Crippen LogP contribution >= 0.6 is 11.8 Å². The van der Waals surface area contributed by atoms with Crippen molar-refractivity contribution in [3.8, 4) is 11.5 Å². The molecule has 192 valence electrons. The van der Waals surface area contributed by atoms with Crippen LogP contribution in [0.4, 0.5) is 0 Å². The SMILES string of the molecule is C=CCOC(=O)C1=C(C)N=C2SC=C(CC(=O)NCc3ccccn3)N2[C@H]1c1cccc(OC)c1OC. The highest BCUT2D eigenvalue weighted by Crippen LogP contribution is 2.48. The highest BCUT2D eigenvalue weighted by atomic mass is 32.2. The van der Waals surface area contributed by atoms with Crippen molar-refractivity contribution in [3.63, 3.8) is 0 Å². The average molecular weight is 521 g/mol. The van der Waals surface area contributed by atoms with E-state index >= 15 is 0 Å². The number of carbonyl (C=O) groups is 2. The first kappa shape index (κ1) is 26.0. The molecule has 1 aromatic carbocycles. The van der Waals surface area contributed by atoms with Crippen LogP contribution < -0.4 is 14.8 Å². The van der Waals surface area contributed by atoms with Gasteiger partial charge in [-0.25, -0.2) is 9.79 Å². The van der Waals surface area contributed by atoms with Gasteiger partial charge >= 0.3 is 5.97 Å². The summed E-state index contributed by atoms with van der Waals surface area (Å²) >= 11 is 1.40. The van der Waals surface area contributed by atoms with Crippen LogP contribution in [0.2, 0.25) is 0 Å². The zero-order valence-electron chi connectivity index (χ0n) is 20.9. The van der Waals surface area contributed by atoms with E-state index in [9.17, 15) is 9.59 Å². The van der Waals surface area contributed by atoms with Crippen molar-refractivity contribution in [1.82, 2.24) is 15.2 Å². The van der Waals surface area contributed by atoms with E-state index in [0.29, 0.717) is 45.7 Å². The molecule has 3 heterocycles. The number of aliphatic imine (C=N–C) groups is 1.